The predicted molar refractivity (Wildman–Crippen MR) is 60.2 cm³/mol. The molecule has 0 heterocycles. The zero-order chi connectivity index (χ0) is 12.2. The van der Waals surface area contributed by atoms with Crippen molar-refractivity contribution in [2.24, 2.45) is 5.41 Å². The summed E-state index contributed by atoms with van der Waals surface area (Å²) in [7, 11) is 0. The van der Waals surface area contributed by atoms with Gasteiger partial charge in [-0.3, -0.25) is 0 Å². The van der Waals surface area contributed by atoms with Crippen LogP contribution in [0.5, 0.6) is 0 Å². The fourth-order valence-corrected chi connectivity index (χ4v) is 2.03. The highest BCUT2D eigenvalue weighted by atomic mass is 19.1. The Hall–Kier alpha value is -0.960. The highest BCUT2D eigenvalue weighted by Crippen LogP contribution is 2.28. The van der Waals surface area contributed by atoms with Gasteiger partial charge in [-0.15, -0.1) is 0 Å². The lowest BCUT2D eigenvalue weighted by Crippen LogP contribution is -2.24. The topological polar surface area (TPSA) is 20.2 Å². The van der Waals surface area contributed by atoms with Gasteiger partial charge in [-0.2, -0.15) is 0 Å². The maximum absolute atomic E-state index is 13.0. The molecule has 0 saturated carbocycles. The van der Waals surface area contributed by atoms with Crippen LogP contribution in [0.15, 0.2) is 18.2 Å². The van der Waals surface area contributed by atoms with Crippen LogP contribution in [-0.4, -0.2) is 11.7 Å². The van der Waals surface area contributed by atoms with Gasteiger partial charge in [0.25, 0.3) is 0 Å². The van der Waals surface area contributed by atoms with Gasteiger partial charge < -0.3 is 5.11 Å². The van der Waals surface area contributed by atoms with Crippen molar-refractivity contribution in [1.29, 1.82) is 0 Å². The molecule has 0 aliphatic carbocycles. The van der Waals surface area contributed by atoms with Crippen molar-refractivity contribution in [3.63, 3.8) is 0 Å². The van der Waals surface area contributed by atoms with Gasteiger partial charge in [0.1, 0.15) is 11.6 Å². The van der Waals surface area contributed by atoms with Crippen LogP contribution in [0, 0.1) is 17.0 Å². The fourth-order valence-electron chi connectivity index (χ4n) is 2.03. The molecular weight excluding hydrogens is 210 g/mol. The highest BCUT2D eigenvalue weighted by molar-refractivity contribution is 5.19. The van der Waals surface area contributed by atoms with E-state index in [0.29, 0.717) is 12.0 Å². The van der Waals surface area contributed by atoms with Crippen molar-refractivity contribution in [3.05, 3.63) is 35.4 Å². The molecule has 1 atom stereocenters. The van der Waals surface area contributed by atoms with Crippen LogP contribution in [-0.2, 0) is 6.42 Å². The summed E-state index contributed by atoms with van der Waals surface area (Å²) >= 11 is 0. The molecule has 1 aromatic carbocycles. The van der Waals surface area contributed by atoms with Gasteiger partial charge in [-0.1, -0.05) is 20.3 Å². The Bertz CT molecular complexity index is 332. The first kappa shape index (κ1) is 13.1. The molecule has 0 aliphatic heterocycles. The van der Waals surface area contributed by atoms with E-state index in [0.717, 1.165) is 18.9 Å². The molecular formula is C13H18F2O. The van der Waals surface area contributed by atoms with Crippen molar-refractivity contribution < 1.29 is 13.9 Å². The molecule has 1 rings (SSSR count). The third kappa shape index (κ3) is 3.56. The van der Waals surface area contributed by atoms with Gasteiger partial charge in [-0.25, -0.2) is 8.78 Å². The molecule has 16 heavy (non-hydrogen) atoms. The number of rotatable bonds is 5. The summed E-state index contributed by atoms with van der Waals surface area (Å²) in [5, 5.41) is 9.33. The molecule has 0 bridgehead atoms. The maximum Gasteiger partial charge on any atom is 0.126 e. The normalized spacial score (nSPS) is 14.8. The third-order valence-electron chi connectivity index (χ3n) is 2.79. The molecule has 1 unspecified atom stereocenters. The molecule has 1 aromatic rings. The first-order chi connectivity index (χ1) is 7.49. The van der Waals surface area contributed by atoms with E-state index in [9.17, 15) is 13.9 Å². The van der Waals surface area contributed by atoms with Crippen LogP contribution in [0.25, 0.3) is 0 Å². The van der Waals surface area contributed by atoms with Crippen molar-refractivity contribution in [2.75, 3.05) is 6.61 Å². The van der Waals surface area contributed by atoms with Crippen LogP contribution in [0.3, 0.4) is 0 Å². The molecule has 0 spiro atoms. The SMILES string of the molecule is CCCC(C)(CO)Cc1cc(F)cc(F)c1. The zero-order valence-corrected chi connectivity index (χ0v) is 9.76. The number of halogens is 2. The van der Waals surface area contributed by atoms with Crippen molar-refractivity contribution >= 4 is 0 Å². The van der Waals surface area contributed by atoms with Crippen LogP contribution in [0.4, 0.5) is 8.78 Å². The highest BCUT2D eigenvalue weighted by Gasteiger charge is 2.23. The Balaban J connectivity index is 2.85. The Morgan fingerprint density at radius 1 is 1.19 bits per heavy atom. The molecule has 0 saturated heterocycles. The molecule has 0 fully saturated rings. The summed E-state index contributed by atoms with van der Waals surface area (Å²) < 4.78 is 26.0. The predicted octanol–water partition coefficient (Wildman–Crippen LogP) is 3.31. The lowest BCUT2D eigenvalue weighted by Gasteiger charge is -2.26. The second kappa shape index (κ2) is 5.39. The van der Waals surface area contributed by atoms with E-state index >= 15 is 0 Å². The van der Waals surface area contributed by atoms with Gasteiger partial charge in [-0.05, 0) is 36.0 Å². The Morgan fingerprint density at radius 2 is 1.75 bits per heavy atom. The fraction of sp³-hybridized carbons (Fsp3) is 0.538. The number of benzene rings is 1. The maximum atomic E-state index is 13.0. The minimum Gasteiger partial charge on any atom is -0.396 e. The summed E-state index contributed by atoms with van der Waals surface area (Å²) in [6.07, 6.45) is 2.27. The minimum absolute atomic E-state index is 0.0268. The molecule has 0 aromatic heterocycles. The largest absolute Gasteiger partial charge is 0.396 e. The van der Waals surface area contributed by atoms with E-state index < -0.39 is 11.6 Å². The van der Waals surface area contributed by atoms with Crippen LogP contribution >= 0.6 is 0 Å². The lowest BCUT2D eigenvalue weighted by molar-refractivity contribution is 0.131. The first-order valence-electron chi connectivity index (χ1n) is 5.55. The van der Waals surface area contributed by atoms with E-state index in [1.54, 1.807) is 0 Å². The average Bonchev–Trinajstić information content (AvgIpc) is 2.16. The molecule has 0 amide bonds. The third-order valence-corrected chi connectivity index (χ3v) is 2.79. The van der Waals surface area contributed by atoms with Crippen molar-refractivity contribution in [1.82, 2.24) is 0 Å². The molecule has 1 N–H and O–H groups in total. The quantitative estimate of drug-likeness (QED) is 0.819. The number of aliphatic hydroxyl groups is 1. The van der Waals surface area contributed by atoms with Crippen molar-refractivity contribution in [2.45, 2.75) is 33.1 Å². The van der Waals surface area contributed by atoms with E-state index in [4.69, 9.17) is 0 Å². The molecule has 90 valence electrons. The standard InChI is InChI=1S/C13H18F2O/c1-3-4-13(2,9-16)8-10-5-11(14)7-12(15)6-10/h5-7,16H,3-4,8-9H2,1-2H3. The monoisotopic (exact) mass is 228 g/mol. The first-order valence-corrected chi connectivity index (χ1v) is 5.55. The summed E-state index contributed by atoms with van der Waals surface area (Å²) in [6.45, 7) is 3.98. The summed E-state index contributed by atoms with van der Waals surface area (Å²) in [6, 6.07) is 3.51. The average molecular weight is 228 g/mol. The van der Waals surface area contributed by atoms with Gasteiger partial charge in [0.15, 0.2) is 0 Å². The number of hydrogen-bond donors (Lipinski definition) is 1. The van der Waals surface area contributed by atoms with Gasteiger partial charge in [0.2, 0.25) is 0 Å². The van der Waals surface area contributed by atoms with E-state index in [1.165, 1.54) is 12.1 Å². The Labute approximate surface area is 95.1 Å². The van der Waals surface area contributed by atoms with Crippen molar-refractivity contribution in [3.8, 4) is 0 Å². The van der Waals surface area contributed by atoms with E-state index in [1.807, 2.05) is 13.8 Å². The molecule has 3 heteroatoms. The lowest BCUT2D eigenvalue weighted by atomic mass is 9.80. The van der Waals surface area contributed by atoms with Crippen LogP contribution in [0.2, 0.25) is 0 Å². The van der Waals surface area contributed by atoms with Crippen LogP contribution in [0.1, 0.15) is 32.3 Å². The minimum atomic E-state index is -0.563. The molecule has 0 aliphatic rings. The number of aliphatic hydroxyl groups excluding tert-OH is 1. The second-order valence-corrected chi connectivity index (χ2v) is 4.67. The summed E-state index contributed by atoms with van der Waals surface area (Å²) in [4.78, 5) is 0. The van der Waals surface area contributed by atoms with E-state index in [2.05, 4.69) is 0 Å². The Kier molecular flexibility index (Phi) is 4.42. The summed E-state index contributed by atoms with van der Waals surface area (Å²) in [5.41, 5.74) is 0.303. The second-order valence-electron chi connectivity index (χ2n) is 4.67. The van der Waals surface area contributed by atoms with Gasteiger partial charge >= 0.3 is 0 Å². The zero-order valence-electron chi connectivity index (χ0n) is 9.76. The number of hydrogen-bond acceptors (Lipinski definition) is 1. The summed E-state index contributed by atoms with van der Waals surface area (Å²) in [5.74, 6) is -1.13. The van der Waals surface area contributed by atoms with Gasteiger partial charge in [0, 0.05) is 12.7 Å². The Morgan fingerprint density at radius 3 is 2.19 bits per heavy atom. The molecule has 1 nitrogen and oxygen atoms in total. The van der Waals surface area contributed by atoms with E-state index in [-0.39, 0.29) is 12.0 Å². The smallest absolute Gasteiger partial charge is 0.126 e. The molecule has 0 radical (unpaired) electrons. The van der Waals surface area contributed by atoms with Crippen LogP contribution < -0.4 is 0 Å². The van der Waals surface area contributed by atoms with Gasteiger partial charge in [0.05, 0.1) is 0 Å².